The van der Waals surface area contributed by atoms with Crippen molar-refractivity contribution in [1.29, 1.82) is 0 Å². The molecule has 1 heterocycles. The van der Waals surface area contributed by atoms with Gasteiger partial charge in [0.2, 0.25) is 0 Å². The van der Waals surface area contributed by atoms with E-state index in [1.807, 2.05) is 32.0 Å². The van der Waals surface area contributed by atoms with Gasteiger partial charge in [-0.1, -0.05) is 37.1 Å². The van der Waals surface area contributed by atoms with Crippen molar-refractivity contribution in [2.75, 3.05) is 0 Å². The van der Waals surface area contributed by atoms with Gasteiger partial charge < -0.3 is 5.73 Å². The molecule has 2 rings (SSSR count). The largest absolute Gasteiger partial charge is 0.321 e. The number of hydrogen-bond acceptors (Lipinski definition) is 3. The van der Waals surface area contributed by atoms with Gasteiger partial charge in [0.25, 0.3) is 0 Å². The molecule has 0 aliphatic heterocycles. The van der Waals surface area contributed by atoms with Gasteiger partial charge in [0.15, 0.2) is 0 Å². The molecule has 2 aromatic rings. The molecule has 0 saturated carbocycles. The Morgan fingerprint density at radius 1 is 1.35 bits per heavy atom. The van der Waals surface area contributed by atoms with Crippen LogP contribution in [0.15, 0.2) is 24.3 Å². The second kappa shape index (κ2) is 6.25. The van der Waals surface area contributed by atoms with Crippen molar-refractivity contribution in [3.63, 3.8) is 0 Å². The van der Waals surface area contributed by atoms with Gasteiger partial charge in [0.05, 0.1) is 10.7 Å². The third-order valence-corrected chi connectivity index (χ3v) is 4.73. The Morgan fingerprint density at radius 2 is 2.10 bits per heavy atom. The lowest BCUT2D eigenvalue weighted by molar-refractivity contribution is 0.557. The first kappa shape index (κ1) is 15.5. The zero-order chi connectivity index (χ0) is 14.8. The maximum absolute atomic E-state index is 6.27. The molecule has 0 fully saturated rings. The van der Waals surface area contributed by atoms with Gasteiger partial charge in [-0.05, 0) is 38.0 Å². The van der Waals surface area contributed by atoms with Gasteiger partial charge in [-0.2, -0.15) is 0 Å². The molecule has 0 saturated heterocycles. The number of nitrogens with two attached hydrogens (primary N) is 1. The van der Waals surface area contributed by atoms with E-state index in [1.165, 1.54) is 10.4 Å². The van der Waals surface area contributed by atoms with Crippen molar-refractivity contribution in [3.05, 3.63) is 50.4 Å². The van der Waals surface area contributed by atoms with E-state index in [4.69, 9.17) is 22.3 Å². The van der Waals surface area contributed by atoms with Crippen LogP contribution in [0.1, 0.15) is 48.3 Å². The van der Waals surface area contributed by atoms with Crippen LogP contribution in [-0.4, -0.2) is 4.98 Å². The summed E-state index contributed by atoms with van der Waals surface area (Å²) in [6.45, 7) is 6.26. The van der Waals surface area contributed by atoms with Crippen LogP contribution in [0.4, 0.5) is 0 Å². The highest BCUT2D eigenvalue weighted by Crippen LogP contribution is 2.30. The fourth-order valence-corrected chi connectivity index (χ4v) is 3.58. The molecule has 0 unspecified atom stereocenters. The first-order chi connectivity index (χ1) is 9.40. The molecule has 1 aromatic heterocycles. The number of hydrogen-bond donors (Lipinski definition) is 1. The number of thiazole rings is 1. The molecule has 1 aromatic carbocycles. The Kier molecular flexibility index (Phi) is 4.84. The normalized spacial score (nSPS) is 11.8. The minimum atomic E-state index is -0.325. The minimum Gasteiger partial charge on any atom is -0.321 e. The quantitative estimate of drug-likeness (QED) is 0.881. The Hall–Kier alpha value is -0.900. The van der Waals surface area contributed by atoms with Crippen molar-refractivity contribution >= 4 is 22.9 Å². The first-order valence-corrected chi connectivity index (χ1v) is 8.12. The summed E-state index contributed by atoms with van der Waals surface area (Å²) in [5, 5.41) is 1.89. The van der Waals surface area contributed by atoms with Crippen LogP contribution in [-0.2, 0) is 18.4 Å². The zero-order valence-electron chi connectivity index (χ0n) is 12.2. The summed E-state index contributed by atoms with van der Waals surface area (Å²) < 4.78 is 0. The van der Waals surface area contributed by atoms with Crippen LogP contribution in [0, 0.1) is 0 Å². The van der Waals surface area contributed by atoms with E-state index in [0.29, 0.717) is 0 Å². The van der Waals surface area contributed by atoms with E-state index in [2.05, 4.69) is 13.0 Å². The highest BCUT2D eigenvalue weighted by molar-refractivity contribution is 7.11. The molecule has 0 radical (unpaired) electrons. The molecule has 0 bridgehead atoms. The molecule has 2 N–H and O–H groups in total. The van der Waals surface area contributed by atoms with Gasteiger partial charge in [-0.3, -0.25) is 0 Å². The first-order valence-electron chi connectivity index (χ1n) is 6.92. The number of halogens is 1. The van der Waals surface area contributed by atoms with E-state index < -0.39 is 0 Å². The second-order valence-electron chi connectivity index (χ2n) is 5.66. The number of nitrogens with zero attached hydrogens (tertiary/aromatic N) is 1. The number of benzene rings is 1. The van der Waals surface area contributed by atoms with Gasteiger partial charge in [0.1, 0.15) is 0 Å². The molecular formula is C16H21ClN2S. The van der Waals surface area contributed by atoms with Gasteiger partial charge >= 0.3 is 0 Å². The smallest absolute Gasteiger partial charge is 0.0975 e. The lowest BCUT2D eigenvalue weighted by Crippen LogP contribution is -2.28. The van der Waals surface area contributed by atoms with E-state index in [0.717, 1.165) is 35.0 Å². The van der Waals surface area contributed by atoms with E-state index in [1.54, 1.807) is 11.3 Å². The Bertz CT molecular complexity index is 584. The molecule has 20 heavy (non-hydrogen) atoms. The zero-order valence-corrected chi connectivity index (χ0v) is 13.8. The summed E-state index contributed by atoms with van der Waals surface area (Å²) in [4.78, 5) is 5.99. The molecule has 0 amide bonds. The molecule has 0 spiro atoms. The SMILES string of the molecule is CCCc1nc(Cc2cccc(Cl)c2)sc1C(C)(C)N. The highest BCUT2D eigenvalue weighted by Gasteiger charge is 2.23. The van der Waals surface area contributed by atoms with Crippen molar-refractivity contribution in [2.45, 2.75) is 45.6 Å². The van der Waals surface area contributed by atoms with Crippen LogP contribution >= 0.6 is 22.9 Å². The molecule has 4 heteroatoms. The molecular weight excluding hydrogens is 288 g/mol. The summed E-state index contributed by atoms with van der Waals surface area (Å²) in [6, 6.07) is 7.95. The standard InChI is InChI=1S/C16H21ClN2S/c1-4-6-13-15(16(2,3)18)20-14(19-13)10-11-7-5-8-12(17)9-11/h5,7-9H,4,6,10,18H2,1-3H3. The summed E-state index contributed by atoms with van der Waals surface area (Å²) >= 11 is 7.76. The van der Waals surface area contributed by atoms with Crippen molar-refractivity contribution in [2.24, 2.45) is 5.73 Å². The van der Waals surface area contributed by atoms with E-state index in [-0.39, 0.29) is 5.54 Å². The maximum Gasteiger partial charge on any atom is 0.0975 e. The topological polar surface area (TPSA) is 38.9 Å². The summed E-state index contributed by atoms with van der Waals surface area (Å²) in [5.74, 6) is 0. The predicted octanol–water partition coefficient (Wildman–Crippen LogP) is 4.53. The van der Waals surface area contributed by atoms with Crippen molar-refractivity contribution < 1.29 is 0 Å². The minimum absolute atomic E-state index is 0.325. The van der Waals surface area contributed by atoms with Crippen molar-refractivity contribution in [1.82, 2.24) is 4.98 Å². The predicted molar refractivity (Wildman–Crippen MR) is 87.6 cm³/mol. The van der Waals surface area contributed by atoms with Crippen LogP contribution in [0.25, 0.3) is 0 Å². The van der Waals surface area contributed by atoms with Crippen LogP contribution in [0.2, 0.25) is 5.02 Å². The van der Waals surface area contributed by atoms with Gasteiger partial charge in [0, 0.05) is 21.9 Å². The van der Waals surface area contributed by atoms with Gasteiger partial charge in [-0.15, -0.1) is 11.3 Å². The van der Waals surface area contributed by atoms with Crippen LogP contribution in [0.3, 0.4) is 0 Å². The Morgan fingerprint density at radius 3 is 2.70 bits per heavy atom. The van der Waals surface area contributed by atoms with Gasteiger partial charge in [-0.25, -0.2) is 4.98 Å². The fourth-order valence-electron chi connectivity index (χ4n) is 2.21. The van der Waals surface area contributed by atoms with Crippen LogP contribution in [0.5, 0.6) is 0 Å². The third-order valence-electron chi connectivity index (χ3n) is 3.06. The Balaban J connectivity index is 2.29. The summed E-state index contributed by atoms with van der Waals surface area (Å²) in [7, 11) is 0. The molecule has 2 nitrogen and oxygen atoms in total. The molecule has 0 aliphatic carbocycles. The number of aryl methyl sites for hydroxylation is 1. The van der Waals surface area contributed by atoms with Crippen LogP contribution < -0.4 is 5.73 Å². The number of rotatable bonds is 5. The number of aromatic nitrogens is 1. The van der Waals surface area contributed by atoms with E-state index >= 15 is 0 Å². The average molecular weight is 309 g/mol. The lowest BCUT2D eigenvalue weighted by atomic mass is 10.0. The summed E-state index contributed by atoms with van der Waals surface area (Å²) in [6.07, 6.45) is 2.89. The molecule has 108 valence electrons. The lowest BCUT2D eigenvalue weighted by Gasteiger charge is -2.17. The fraction of sp³-hybridized carbons (Fsp3) is 0.438. The molecule has 0 aliphatic rings. The van der Waals surface area contributed by atoms with Crippen molar-refractivity contribution in [3.8, 4) is 0 Å². The highest BCUT2D eigenvalue weighted by atomic mass is 35.5. The summed E-state index contributed by atoms with van der Waals surface area (Å²) in [5.41, 5.74) is 8.29. The van der Waals surface area contributed by atoms with E-state index in [9.17, 15) is 0 Å². The monoisotopic (exact) mass is 308 g/mol. The molecule has 0 atom stereocenters. The second-order valence-corrected chi connectivity index (χ2v) is 7.18. The third kappa shape index (κ3) is 3.81. The Labute approximate surface area is 130 Å². The maximum atomic E-state index is 6.27. The average Bonchev–Trinajstić information content (AvgIpc) is 2.72.